The Labute approximate surface area is 161 Å². The summed E-state index contributed by atoms with van der Waals surface area (Å²) in [5.74, 6) is 0.853. The molecule has 2 saturated heterocycles. The maximum Gasteiger partial charge on any atom is 0.498 e. The zero-order chi connectivity index (χ0) is 20.0. The van der Waals surface area contributed by atoms with E-state index in [0.717, 1.165) is 17.7 Å². The van der Waals surface area contributed by atoms with Crippen LogP contribution in [0.4, 0.5) is 4.79 Å². The van der Waals surface area contributed by atoms with Crippen LogP contribution in [0, 0.1) is 0 Å². The van der Waals surface area contributed by atoms with Gasteiger partial charge in [-0.1, -0.05) is 0 Å². The second-order valence-corrected chi connectivity index (χ2v) is 9.37. The molecule has 1 amide bonds. The molecule has 0 N–H and O–H groups in total. The number of likely N-dealkylation sites (tertiary alicyclic amines) is 1. The molecule has 7 nitrogen and oxygen atoms in total. The molecule has 3 rings (SSSR count). The van der Waals surface area contributed by atoms with Gasteiger partial charge in [-0.2, -0.15) is 0 Å². The number of aromatic nitrogens is 2. The Hall–Kier alpha value is -1.67. The van der Waals surface area contributed by atoms with Crippen LogP contribution < -0.4 is 5.46 Å². The molecule has 1 unspecified atom stereocenters. The predicted molar refractivity (Wildman–Crippen MR) is 103 cm³/mol. The minimum absolute atomic E-state index is 0.116. The monoisotopic (exact) mass is 375 g/mol. The third kappa shape index (κ3) is 4.27. The molecule has 0 aliphatic carbocycles. The van der Waals surface area contributed by atoms with Crippen LogP contribution in [0.5, 0.6) is 0 Å². The summed E-state index contributed by atoms with van der Waals surface area (Å²) in [6.45, 7) is 14.9. The first-order chi connectivity index (χ1) is 12.4. The van der Waals surface area contributed by atoms with Crippen LogP contribution in [-0.2, 0) is 14.0 Å². The SMILES string of the molecule is CC(C)(C)OC(=O)N1CCC(c2ncc(B3OC(C)(C)C(C)(C)O3)cn2)C1. The van der Waals surface area contributed by atoms with E-state index >= 15 is 0 Å². The Morgan fingerprint density at radius 2 is 1.74 bits per heavy atom. The van der Waals surface area contributed by atoms with Gasteiger partial charge in [-0.3, -0.25) is 0 Å². The van der Waals surface area contributed by atoms with Crippen molar-refractivity contribution in [1.29, 1.82) is 0 Å². The van der Waals surface area contributed by atoms with E-state index < -0.39 is 23.9 Å². The van der Waals surface area contributed by atoms with Crippen molar-refractivity contribution in [3.05, 3.63) is 18.2 Å². The second-order valence-electron chi connectivity index (χ2n) is 9.37. The minimum Gasteiger partial charge on any atom is -0.444 e. The molecule has 0 bridgehead atoms. The molecule has 0 aromatic carbocycles. The number of rotatable bonds is 2. The number of nitrogens with zero attached hydrogens (tertiary/aromatic N) is 3. The largest absolute Gasteiger partial charge is 0.498 e. The summed E-state index contributed by atoms with van der Waals surface area (Å²) in [4.78, 5) is 23.0. The average molecular weight is 375 g/mol. The van der Waals surface area contributed by atoms with Gasteiger partial charge in [0.05, 0.1) is 11.2 Å². The Bertz CT molecular complexity index is 684. The van der Waals surface area contributed by atoms with Crippen LogP contribution >= 0.6 is 0 Å². The average Bonchev–Trinajstić information content (AvgIpc) is 3.09. The third-order valence-corrected chi connectivity index (χ3v) is 5.42. The highest BCUT2D eigenvalue weighted by Crippen LogP contribution is 2.36. The lowest BCUT2D eigenvalue weighted by Crippen LogP contribution is -2.41. The van der Waals surface area contributed by atoms with Crippen molar-refractivity contribution >= 4 is 18.7 Å². The first-order valence-corrected chi connectivity index (χ1v) is 9.53. The van der Waals surface area contributed by atoms with Crippen molar-refractivity contribution < 1.29 is 18.8 Å². The molecule has 0 spiro atoms. The van der Waals surface area contributed by atoms with E-state index in [-0.39, 0.29) is 12.0 Å². The van der Waals surface area contributed by atoms with E-state index in [4.69, 9.17) is 14.0 Å². The zero-order valence-corrected chi connectivity index (χ0v) is 17.4. The zero-order valence-electron chi connectivity index (χ0n) is 17.4. The summed E-state index contributed by atoms with van der Waals surface area (Å²) >= 11 is 0. The first kappa shape index (κ1) is 20.1. The maximum absolute atomic E-state index is 12.2. The van der Waals surface area contributed by atoms with Crippen molar-refractivity contribution in [3.63, 3.8) is 0 Å². The quantitative estimate of drug-likeness (QED) is 0.740. The Balaban J connectivity index is 1.63. The molecular formula is C19H30BN3O4. The summed E-state index contributed by atoms with van der Waals surface area (Å²) in [5, 5.41) is 0. The van der Waals surface area contributed by atoms with Crippen LogP contribution in [-0.4, -0.2) is 58.0 Å². The van der Waals surface area contributed by atoms with Crippen molar-refractivity contribution in [2.24, 2.45) is 0 Å². The molecule has 3 heterocycles. The highest BCUT2D eigenvalue weighted by Gasteiger charge is 2.52. The summed E-state index contributed by atoms with van der Waals surface area (Å²) in [6, 6.07) is 0. The first-order valence-electron chi connectivity index (χ1n) is 9.53. The van der Waals surface area contributed by atoms with E-state index in [2.05, 4.69) is 9.97 Å². The highest BCUT2D eigenvalue weighted by molar-refractivity contribution is 6.61. The molecule has 0 saturated carbocycles. The van der Waals surface area contributed by atoms with Crippen LogP contribution in [0.15, 0.2) is 12.4 Å². The van der Waals surface area contributed by atoms with Crippen LogP contribution in [0.1, 0.15) is 66.6 Å². The molecule has 0 radical (unpaired) electrons. The molecule has 1 atom stereocenters. The molecule has 1 aromatic rings. The molecule has 148 valence electrons. The van der Waals surface area contributed by atoms with Gasteiger partial charge in [0.15, 0.2) is 0 Å². The summed E-state index contributed by atoms with van der Waals surface area (Å²) in [7, 11) is -0.467. The smallest absolute Gasteiger partial charge is 0.444 e. The Kier molecular flexibility index (Phi) is 5.01. The van der Waals surface area contributed by atoms with Gasteiger partial charge < -0.3 is 18.9 Å². The van der Waals surface area contributed by atoms with E-state index in [9.17, 15) is 4.79 Å². The van der Waals surface area contributed by atoms with Gasteiger partial charge in [-0.25, -0.2) is 14.8 Å². The molecule has 8 heteroatoms. The molecular weight excluding hydrogens is 345 g/mol. The van der Waals surface area contributed by atoms with Gasteiger partial charge >= 0.3 is 13.2 Å². The number of ether oxygens (including phenoxy) is 1. The highest BCUT2D eigenvalue weighted by atomic mass is 16.7. The fourth-order valence-corrected chi connectivity index (χ4v) is 3.12. The van der Waals surface area contributed by atoms with Gasteiger partial charge in [-0.15, -0.1) is 0 Å². The van der Waals surface area contributed by atoms with Gasteiger partial charge in [0.25, 0.3) is 0 Å². The molecule has 1 aromatic heterocycles. The van der Waals surface area contributed by atoms with Crippen molar-refractivity contribution in [3.8, 4) is 0 Å². The standard InChI is InChI=1S/C19H30BN3O4/c1-17(2,3)25-16(24)23-9-8-13(12-23)15-21-10-14(11-22-15)20-26-18(4,5)19(6,7)27-20/h10-11,13H,8-9,12H2,1-7H3. The Morgan fingerprint density at radius 3 is 2.26 bits per heavy atom. The number of carbonyl (C=O) groups excluding carboxylic acids is 1. The minimum atomic E-state index is -0.490. The van der Waals surface area contributed by atoms with Gasteiger partial charge in [0.2, 0.25) is 0 Å². The van der Waals surface area contributed by atoms with E-state index in [1.165, 1.54) is 0 Å². The van der Waals surface area contributed by atoms with Gasteiger partial charge in [0.1, 0.15) is 11.4 Å². The van der Waals surface area contributed by atoms with Crippen molar-refractivity contribution in [2.45, 2.75) is 77.6 Å². The molecule has 2 aliphatic rings. The second kappa shape index (κ2) is 6.74. The maximum atomic E-state index is 12.2. The summed E-state index contributed by atoms with van der Waals surface area (Å²) in [6.07, 6.45) is 4.08. The summed E-state index contributed by atoms with van der Waals surface area (Å²) in [5.41, 5.74) is -0.471. The molecule has 2 fully saturated rings. The lowest BCUT2D eigenvalue weighted by molar-refractivity contribution is 0.00578. The molecule has 27 heavy (non-hydrogen) atoms. The van der Waals surface area contributed by atoms with Crippen LogP contribution in [0.25, 0.3) is 0 Å². The lowest BCUT2D eigenvalue weighted by Gasteiger charge is -2.32. The number of carbonyl (C=O) groups is 1. The topological polar surface area (TPSA) is 73.8 Å². The number of amides is 1. The number of hydrogen-bond acceptors (Lipinski definition) is 6. The van der Waals surface area contributed by atoms with Gasteiger partial charge in [0, 0.05) is 36.9 Å². The van der Waals surface area contributed by atoms with Gasteiger partial charge in [-0.05, 0) is 54.9 Å². The van der Waals surface area contributed by atoms with Crippen molar-refractivity contribution in [2.75, 3.05) is 13.1 Å². The van der Waals surface area contributed by atoms with Crippen molar-refractivity contribution in [1.82, 2.24) is 14.9 Å². The van der Waals surface area contributed by atoms with E-state index in [0.29, 0.717) is 13.1 Å². The lowest BCUT2D eigenvalue weighted by atomic mass is 9.81. The van der Waals surface area contributed by atoms with E-state index in [1.807, 2.05) is 48.5 Å². The fourth-order valence-electron chi connectivity index (χ4n) is 3.12. The normalized spacial score (nSPS) is 24.3. The van der Waals surface area contributed by atoms with Crippen LogP contribution in [0.2, 0.25) is 0 Å². The predicted octanol–water partition coefficient (Wildman–Crippen LogP) is 2.50. The molecule has 2 aliphatic heterocycles. The third-order valence-electron chi connectivity index (χ3n) is 5.42. The Morgan fingerprint density at radius 1 is 1.19 bits per heavy atom. The number of hydrogen-bond donors (Lipinski definition) is 0. The van der Waals surface area contributed by atoms with E-state index in [1.54, 1.807) is 17.3 Å². The van der Waals surface area contributed by atoms with Crippen LogP contribution in [0.3, 0.4) is 0 Å². The summed E-state index contributed by atoms with van der Waals surface area (Å²) < 4.78 is 17.5. The fraction of sp³-hybridized carbons (Fsp3) is 0.737.